The van der Waals surface area contributed by atoms with E-state index in [1.54, 1.807) is 6.92 Å². The van der Waals surface area contributed by atoms with Crippen LogP contribution in [0.1, 0.15) is 27.2 Å². The maximum atomic E-state index is 13.1. The SMILES string of the molecule is CC(C)C(C)N1CC(F)(F)CC(F)(F)C1. The fourth-order valence-electron chi connectivity index (χ4n) is 1.85. The Labute approximate surface area is 87.4 Å². The van der Waals surface area contributed by atoms with Gasteiger partial charge in [-0.3, -0.25) is 4.90 Å². The molecular formula is C10H17F4N. The molecule has 0 aliphatic carbocycles. The zero-order chi connectivity index (χ0) is 11.9. The van der Waals surface area contributed by atoms with E-state index in [9.17, 15) is 17.6 Å². The molecule has 5 heteroatoms. The number of alkyl halides is 4. The summed E-state index contributed by atoms with van der Waals surface area (Å²) in [6.07, 6.45) is -1.32. The maximum Gasteiger partial charge on any atom is 0.266 e. The Balaban J connectivity index is 2.75. The number of piperidine rings is 1. The van der Waals surface area contributed by atoms with Gasteiger partial charge < -0.3 is 0 Å². The summed E-state index contributed by atoms with van der Waals surface area (Å²) in [5, 5.41) is 0. The van der Waals surface area contributed by atoms with Gasteiger partial charge in [-0.1, -0.05) is 13.8 Å². The van der Waals surface area contributed by atoms with E-state index in [2.05, 4.69) is 0 Å². The third-order valence-electron chi connectivity index (χ3n) is 2.93. The highest BCUT2D eigenvalue weighted by Gasteiger charge is 2.51. The van der Waals surface area contributed by atoms with Crippen LogP contribution in [0.3, 0.4) is 0 Å². The van der Waals surface area contributed by atoms with Crippen LogP contribution in [0, 0.1) is 5.92 Å². The van der Waals surface area contributed by atoms with E-state index in [0.717, 1.165) is 0 Å². The minimum atomic E-state index is -3.27. The van der Waals surface area contributed by atoms with Crippen LogP contribution in [0.25, 0.3) is 0 Å². The van der Waals surface area contributed by atoms with Crippen molar-refractivity contribution in [2.75, 3.05) is 13.1 Å². The summed E-state index contributed by atoms with van der Waals surface area (Å²) in [5.74, 6) is -6.45. The molecule has 0 N–H and O–H groups in total. The average molecular weight is 227 g/mol. The normalized spacial score (nSPS) is 28.0. The molecule has 0 aromatic carbocycles. The zero-order valence-corrected chi connectivity index (χ0v) is 9.24. The highest BCUT2D eigenvalue weighted by Crippen LogP contribution is 2.37. The minimum absolute atomic E-state index is 0.0923. The highest BCUT2D eigenvalue weighted by atomic mass is 19.3. The van der Waals surface area contributed by atoms with Crippen LogP contribution in [-0.4, -0.2) is 35.9 Å². The van der Waals surface area contributed by atoms with Gasteiger partial charge in [0.25, 0.3) is 11.8 Å². The summed E-state index contributed by atoms with van der Waals surface area (Å²) in [5.41, 5.74) is 0. The van der Waals surface area contributed by atoms with Crippen molar-refractivity contribution < 1.29 is 17.6 Å². The summed E-state index contributed by atoms with van der Waals surface area (Å²) >= 11 is 0. The molecule has 1 heterocycles. The number of hydrogen-bond donors (Lipinski definition) is 0. The predicted octanol–water partition coefficient (Wildman–Crippen LogP) is 3.01. The second-order valence-electron chi connectivity index (χ2n) is 4.78. The Hall–Kier alpha value is -0.320. The number of nitrogens with zero attached hydrogens (tertiary/aromatic N) is 1. The van der Waals surface area contributed by atoms with Gasteiger partial charge in [0.1, 0.15) is 0 Å². The second-order valence-corrected chi connectivity index (χ2v) is 4.78. The van der Waals surface area contributed by atoms with Gasteiger partial charge in [0, 0.05) is 6.04 Å². The topological polar surface area (TPSA) is 3.24 Å². The van der Waals surface area contributed by atoms with Crippen molar-refractivity contribution in [3.05, 3.63) is 0 Å². The van der Waals surface area contributed by atoms with Crippen molar-refractivity contribution in [2.24, 2.45) is 5.92 Å². The lowest BCUT2D eigenvalue weighted by molar-refractivity contribution is -0.180. The summed E-state index contributed by atoms with van der Waals surface area (Å²) in [4.78, 5) is 1.19. The quantitative estimate of drug-likeness (QED) is 0.655. The summed E-state index contributed by atoms with van der Waals surface area (Å²) < 4.78 is 52.2. The molecule has 0 saturated carbocycles. The van der Waals surface area contributed by atoms with Gasteiger partial charge in [-0.2, -0.15) is 0 Å². The lowest BCUT2D eigenvalue weighted by atomic mass is 9.97. The van der Waals surface area contributed by atoms with Gasteiger partial charge in [0.15, 0.2) is 0 Å². The Bertz CT molecular complexity index is 211. The van der Waals surface area contributed by atoms with Crippen molar-refractivity contribution in [2.45, 2.75) is 45.1 Å². The fraction of sp³-hybridized carbons (Fsp3) is 1.00. The van der Waals surface area contributed by atoms with Gasteiger partial charge in [-0.25, -0.2) is 17.6 Å². The van der Waals surface area contributed by atoms with Crippen LogP contribution in [0.15, 0.2) is 0 Å². The minimum Gasteiger partial charge on any atom is -0.289 e. The van der Waals surface area contributed by atoms with Crippen molar-refractivity contribution in [1.29, 1.82) is 0 Å². The van der Waals surface area contributed by atoms with Crippen LogP contribution in [0.5, 0.6) is 0 Å². The molecule has 90 valence electrons. The molecule has 15 heavy (non-hydrogen) atoms. The largest absolute Gasteiger partial charge is 0.289 e. The molecule has 1 unspecified atom stereocenters. The number of rotatable bonds is 2. The van der Waals surface area contributed by atoms with Crippen LogP contribution in [-0.2, 0) is 0 Å². The molecule has 0 bridgehead atoms. The predicted molar refractivity (Wildman–Crippen MR) is 50.4 cm³/mol. The molecule has 1 fully saturated rings. The first kappa shape index (κ1) is 12.7. The smallest absolute Gasteiger partial charge is 0.266 e. The summed E-state index contributed by atoms with van der Waals surface area (Å²) in [6, 6.07) is -0.248. The number of likely N-dealkylation sites (tertiary alicyclic amines) is 1. The van der Waals surface area contributed by atoms with Crippen LogP contribution in [0.2, 0.25) is 0 Å². The molecular weight excluding hydrogens is 210 g/mol. The van der Waals surface area contributed by atoms with E-state index in [1.165, 1.54) is 4.90 Å². The Morgan fingerprint density at radius 2 is 1.33 bits per heavy atom. The third-order valence-corrected chi connectivity index (χ3v) is 2.93. The van der Waals surface area contributed by atoms with E-state index in [-0.39, 0.29) is 12.0 Å². The Morgan fingerprint density at radius 3 is 1.67 bits per heavy atom. The molecule has 0 amide bonds. The number of hydrogen-bond acceptors (Lipinski definition) is 1. The molecule has 1 nitrogen and oxygen atoms in total. The van der Waals surface area contributed by atoms with Crippen LogP contribution >= 0.6 is 0 Å². The van der Waals surface area contributed by atoms with E-state index in [4.69, 9.17) is 0 Å². The Morgan fingerprint density at radius 1 is 0.933 bits per heavy atom. The molecule has 0 spiro atoms. The molecule has 0 radical (unpaired) electrons. The van der Waals surface area contributed by atoms with Crippen molar-refractivity contribution >= 4 is 0 Å². The van der Waals surface area contributed by atoms with E-state index >= 15 is 0 Å². The third kappa shape index (κ3) is 3.33. The molecule has 1 aliphatic rings. The molecule has 1 saturated heterocycles. The number of halogens is 4. The summed E-state index contributed by atoms with van der Waals surface area (Å²) in [7, 11) is 0. The average Bonchev–Trinajstić information content (AvgIpc) is 1.96. The maximum absolute atomic E-state index is 13.1. The molecule has 1 aliphatic heterocycles. The van der Waals surface area contributed by atoms with E-state index in [1.807, 2.05) is 13.8 Å². The van der Waals surface area contributed by atoms with Gasteiger partial charge in [-0.05, 0) is 12.8 Å². The van der Waals surface area contributed by atoms with Gasteiger partial charge in [0.05, 0.1) is 19.5 Å². The first-order chi connectivity index (χ1) is 6.63. The van der Waals surface area contributed by atoms with E-state index in [0.29, 0.717) is 0 Å². The second kappa shape index (κ2) is 3.92. The molecule has 1 atom stereocenters. The monoisotopic (exact) mass is 227 g/mol. The Kier molecular flexibility index (Phi) is 3.33. The van der Waals surface area contributed by atoms with Gasteiger partial charge >= 0.3 is 0 Å². The molecule has 0 aromatic rings. The van der Waals surface area contributed by atoms with Crippen molar-refractivity contribution in [3.63, 3.8) is 0 Å². The van der Waals surface area contributed by atoms with Gasteiger partial charge in [-0.15, -0.1) is 0 Å². The standard InChI is InChI=1S/C10H17F4N/c1-7(2)8(3)15-5-9(11,12)4-10(13,14)6-15/h7-8H,4-6H2,1-3H3. The lowest BCUT2D eigenvalue weighted by Crippen LogP contribution is -2.56. The van der Waals surface area contributed by atoms with Gasteiger partial charge in [0.2, 0.25) is 0 Å². The van der Waals surface area contributed by atoms with Crippen LogP contribution < -0.4 is 0 Å². The molecule has 1 rings (SSSR count). The van der Waals surface area contributed by atoms with Crippen LogP contribution in [0.4, 0.5) is 17.6 Å². The first-order valence-electron chi connectivity index (χ1n) is 5.13. The van der Waals surface area contributed by atoms with Crippen molar-refractivity contribution in [1.82, 2.24) is 4.90 Å². The van der Waals surface area contributed by atoms with Crippen molar-refractivity contribution in [3.8, 4) is 0 Å². The summed E-state index contributed by atoms with van der Waals surface area (Å²) in [6.45, 7) is 4.29. The fourth-order valence-corrected chi connectivity index (χ4v) is 1.85. The zero-order valence-electron chi connectivity index (χ0n) is 9.24. The lowest BCUT2D eigenvalue weighted by Gasteiger charge is -2.41. The molecule has 0 aromatic heterocycles. The highest BCUT2D eigenvalue weighted by molar-refractivity contribution is 4.91. The first-order valence-corrected chi connectivity index (χ1v) is 5.13. The van der Waals surface area contributed by atoms with E-state index < -0.39 is 31.4 Å².